The van der Waals surface area contributed by atoms with Crippen molar-refractivity contribution in [3.63, 3.8) is 0 Å². The van der Waals surface area contributed by atoms with E-state index in [1.807, 2.05) is 4.90 Å². The lowest BCUT2D eigenvalue weighted by molar-refractivity contribution is -0.246. The minimum absolute atomic E-state index is 0.0532. The summed E-state index contributed by atoms with van der Waals surface area (Å²) in [5, 5.41) is 50.1. The smallest absolute Gasteiger partial charge is 0.409 e. The Bertz CT molecular complexity index is 3590. The first-order valence-electron chi connectivity index (χ1n) is 33.2. The summed E-state index contributed by atoms with van der Waals surface area (Å²) in [5.41, 5.74) is 0.678. The van der Waals surface area contributed by atoms with Crippen molar-refractivity contribution in [3.8, 4) is 17.2 Å². The molecule has 3 saturated heterocycles. The van der Waals surface area contributed by atoms with Crippen LogP contribution in [0.4, 0.5) is 20.1 Å². The molecule has 0 unspecified atom stereocenters. The number of carbonyl (C=O) groups is 11. The Hall–Kier alpha value is -9.15. The zero-order valence-electron chi connectivity index (χ0n) is 56.5. The molecule has 3 aliphatic heterocycles. The van der Waals surface area contributed by atoms with Gasteiger partial charge in [-0.15, -0.1) is 0 Å². The van der Waals surface area contributed by atoms with Gasteiger partial charge in [0.05, 0.1) is 49.2 Å². The average molecular weight is 1400 g/mol. The van der Waals surface area contributed by atoms with Crippen LogP contribution >= 0.6 is 0 Å². The number of phenols is 2. The highest BCUT2D eigenvalue weighted by Crippen LogP contribution is 2.53. The number of nitrogens with one attached hydrogen (secondary N) is 5. The molecule has 0 radical (unpaired) electrons. The molecule has 0 spiro atoms. The van der Waals surface area contributed by atoms with Crippen molar-refractivity contribution in [2.24, 2.45) is 11.1 Å². The van der Waals surface area contributed by atoms with E-state index in [0.717, 1.165) is 12.2 Å². The lowest BCUT2D eigenvalue weighted by Gasteiger charge is -2.42. The highest BCUT2D eigenvalue weighted by molar-refractivity contribution is 6.31. The molecule has 8 amide bonds. The SMILES string of the molecule is COc1cccc2c1C(=O)c1c(O)c3c(c(O)c1C2=O)C[C@@](O)(C(=O)COC(=O)N(C)CCN(C)CCN(C)C(=O)OCc1ccc(NC(=O)[C@H](CCCNC(N)=O)NC(=O)C2(C(=O)NCCCCCNC(=O)/C=C\C=O)CCC2)cc1)C[C@@H]3O[C@H]1C[C@H]2[C@@H](CO1)O[C@@H]1[C@@H](OC)OCCN12. The van der Waals surface area contributed by atoms with Gasteiger partial charge in [0.25, 0.3) is 0 Å². The molecule has 32 heteroatoms. The molecule has 3 aliphatic carbocycles. The number of urea groups is 1. The maximum atomic E-state index is 14.3. The molecule has 4 fully saturated rings. The number of amides is 8. The summed E-state index contributed by atoms with van der Waals surface area (Å²) >= 11 is 0. The van der Waals surface area contributed by atoms with Crippen LogP contribution in [0, 0.1) is 5.41 Å². The van der Waals surface area contributed by atoms with E-state index in [1.54, 1.807) is 38.4 Å². The van der Waals surface area contributed by atoms with Crippen molar-refractivity contribution in [2.75, 3.05) is 113 Å². The first-order valence-corrected chi connectivity index (χ1v) is 33.2. The Morgan fingerprint density at radius 3 is 2.17 bits per heavy atom. The fourth-order valence-electron chi connectivity index (χ4n) is 13.1. The van der Waals surface area contributed by atoms with Crippen LogP contribution in [0.15, 0.2) is 54.6 Å². The second kappa shape index (κ2) is 33.8. The molecule has 0 aromatic heterocycles. The number of morpholine rings is 1. The second-order valence-electron chi connectivity index (χ2n) is 25.6. The minimum Gasteiger partial charge on any atom is -0.507 e. The minimum atomic E-state index is -2.44. The molecule has 10 N–H and O–H groups in total. The Kier molecular flexibility index (Phi) is 25.4. The number of rotatable bonds is 32. The number of nitrogens with zero attached hydrogens (tertiary/aromatic N) is 4. The van der Waals surface area contributed by atoms with E-state index < -0.39 is 143 Å². The molecule has 1 saturated carbocycles. The number of hydrogen-bond acceptors (Lipinski definition) is 24. The molecule has 542 valence electrons. The number of aliphatic hydroxyl groups is 1. The van der Waals surface area contributed by atoms with Gasteiger partial charge >= 0.3 is 18.2 Å². The Balaban J connectivity index is 0.734. The number of fused-ring (bicyclic) bond motifs is 6. The monoisotopic (exact) mass is 1400 g/mol. The van der Waals surface area contributed by atoms with Crippen LogP contribution in [-0.4, -0.2) is 251 Å². The van der Waals surface area contributed by atoms with Crippen LogP contribution in [-0.2, 0) is 75.0 Å². The number of carbonyl (C=O) groups excluding carboxylic acids is 11. The van der Waals surface area contributed by atoms with Gasteiger partial charge in [0.15, 0.2) is 31.2 Å². The normalized spacial score (nSPS) is 22.1. The number of nitrogens with two attached hydrogens (primary N) is 1. The van der Waals surface area contributed by atoms with Crippen molar-refractivity contribution >= 4 is 71.2 Å². The van der Waals surface area contributed by atoms with Gasteiger partial charge in [-0.1, -0.05) is 30.7 Å². The zero-order chi connectivity index (χ0) is 72.0. The van der Waals surface area contributed by atoms with Gasteiger partial charge in [0, 0.05) is 127 Å². The fourth-order valence-corrected chi connectivity index (χ4v) is 13.1. The van der Waals surface area contributed by atoms with E-state index in [-0.39, 0.29) is 118 Å². The molecule has 3 heterocycles. The number of aldehydes is 1. The largest absolute Gasteiger partial charge is 0.507 e. The molecule has 3 aromatic rings. The quantitative estimate of drug-likeness (QED) is 0.0111. The zero-order valence-corrected chi connectivity index (χ0v) is 56.5. The van der Waals surface area contributed by atoms with E-state index in [9.17, 15) is 68.1 Å². The van der Waals surface area contributed by atoms with Gasteiger partial charge in [-0.3, -0.25) is 43.3 Å². The number of ketones is 3. The third kappa shape index (κ3) is 17.3. The van der Waals surface area contributed by atoms with Gasteiger partial charge in [0.1, 0.15) is 47.2 Å². The van der Waals surface area contributed by atoms with Crippen LogP contribution in [0.3, 0.4) is 0 Å². The van der Waals surface area contributed by atoms with Crippen molar-refractivity contribution in [1.82, 2.24) is 40.9 Å². The number of methoxy groups -OCH3 is 2. The van der Waals surface area contributed by atoms with Gasteiger partial charge < -0.3 is 100 Å². The summed E-state index contributed by atoms with van der Waals surface area (Å²) in [4.78, 5) is 150. The molecular weight excluding hydrogens is 1310 g/mol. The van der Waals surface area contributed by atoms with E-state index in [2.05, 4.69) is 31.5 Å². The van der Waals surface area contributed by atoms with Gasteiger partial charge in [-0.05, 0) is 81.8 Å². The topological polar surface area (TPSA) is 421 Å². The number of anilines is 1. The number of likely N-dealkylation sites (N-methyl/N-ethyl adjacent to an activating group) is 3. The third-order valence-electron chi connectivity index (χ3n) is 19.0. The molecule has 9 rings (SSSR count). The number of ether oxygens (including phenoxy) is 8. The van der Waals surface area contributed by atoms with Crippen molar-refractivity contribution in [3.05, 3.63) is 93.6 Å². The number of primary amides is 1. The molecular formula is C68H88N10O22. The van der Waals surface area contributed by atoms with E-state index >= 15 is 0 Å². The number of benzene rings is 3. The predicted molar refractivity (Wildman–Crippen MR) is 351 cm³/mol. The summed E-state index contributed by atoms with van der Waals surface area (Å²) in [6.07, 6.45) is -0.553. The number of aromatic hydroxyl groups is 2. The number of allylic oxidation sites excluding steroid dienone is 1. The molecule has 32 nitrogen and oxygen atoms in total. The summed E-state index contributed by atoms with van der Waals surface area (Å²) < 4.78 is 46.6. The second-order valence-corrected chi connectivity index (χ2v) is 25.6. The van der Waals surface area contributed by atoms with E-state index in [1.165, 1.54) is 49.3 Å². The van der Waals surface area contributed by atoms with Crippen LogP contribution in [0.5, 0.6) is 17.2 Å². The van der Waals surface area contributed by atoms with E-state index in [4.69, 9.17) is 43.6 Å². The van der Waals surface area contributed by atoms with E-state index in [0.29, 0.717) is 69.5 Å². The average Bonchev–Trinajstić information content (AvgIpc) is 0.788. The lowest BCUT2D eigenvalue weighted by Crippen LogP contribution is -2.58. The Morgan fingerprint density at radius 1 is 0.810 bits per heavy atom. The van der Waals surface area contributed by atoms with Crippen molar-refractivity contribution in [2.45, 2.75) is 126 Å². The van der Waals surface area contributed by atoms with Crippen LogP contribution in [0.1, 0.15) is 119 Å². The summed E-state index contributed by atoms with van der Waals surface area (Å²) in [6, 6.07) is 8.68. The molecule has 100 heavy (non-hydrogen) atoms. The molecule has 0 bridgehead atoms. The fraction of sp³-hybridized carbons (Fsp3) is 0.544. The number of Topliss-reactive ketones (excluding diaryl/α,β-unsaturated/α-hetero) is 1. The predicted octanol–water partition coefficient (Wildman–Crippen LogP) is 1.80. The van der Waals surface area contributed by atoms with Gasteiger partial charge in [0.2, 0.25) is 35.2 Å². The standard InChI is InChI=1S/C68H88N10O22/c1-75(26-28-76(2)65(90)97-36-39-17-19-40(20-18-39)73-59(86)43(14-10-25-72-64(69)89)74-63(88)67(21-12-22-67)62(87)71-24-8-6-7-23-70-49(81)16-11-31-79)27-29-77(3)66(91)98-38-48(80)68(92)34-42-52(58(85)54-53(56(42)83)55(82)41-13-9-15-45(93-4)51(41)57(54)84)46(35-68)99-50-33-44-47(37-96-50)100-60-61(94-5)95-32-30-78(44)60/h9,11,13,15-20,31,43-44,46-47,50,60-61,83,85,92H,6-8,10,12,14,21-30,32-38H2,1-5H3,(H,70,81)(H,71,87)(H,73,86)(H,74,88)(H3,69,72,89)/b16-11-/t43-,44-,46-,47+,50-,60+,61-,68-/m0/s1. The maximum Gasteiger partial charge on any atom is 0.409 e. The summed E-state index contributed by atoms with van der Waals surface area (Å²) in [6.45, 7) is 1.56. The lowest BCUT2D eigenvalue weighted by atomic mass is 9.67. The van der Waals surface area contributed by atoms with Gasteiger partial charge in [-0.25, -0.2) is 14.4 Å². The molecule has 8 atom stereocenters. The first-order chi connectivity index (χ1) is 47.9. The van der Waals surface area contributed by atoms with Crippen molar-refractivity contribution in [1.29, 1.82) is 0 Å². The first kappa shape index (κ1) is 75.1. The van der Waals surface area contributed by atoms with Gasteiger partial charge in [-0.2, -0.15) is 0 Å². The van der Waals surface area contributed by atoms with Crippen molar-refractivity contribution < 1.29 is 106 Å². The van der Waals surface area contributed by atoms with Crippen LogP contribution in [0.2, 0.25) is 0 Å². The maximum absolute atomic E-state index is 14.3. The highest BCUT2D eigenvalue weighted by Gasteiger charge is 2.55. The number of hydrogen-bond donors (Lipinski definition) is 9. The highest BCUT2D eigenvalue weighted by atomic mass is 16.7. The summed E-state index contributed by atoms with van der Waals surface area (Å²) in [5.74, 6) is -6.06. The summed E-state index contributed by atoms with van der Waals surface area (Å²) in [7, 11) is 7.57. The third-order valence-corrected chi connectivity index (χ3v) is 19.0. The molecule has 6 aliphatic rings. The number of unbranched alkanes of at least 4 members (excludes halogenated alkanes) is 2. The Labute approximate surface area is 576 Å². The number of phenolic OH excluding ortho intramolecular Hbond substituents is 2. The Morgan fingerprint density at radius 2 is 1.50 bits per heavy atom. The van der Waals surface area contributed by atoms with Crippen LogP contribution in [0.25, 0.3) is 0 Å². The molecule has 3 aromatic carbocycles. The van der Waals surface area contributed by atoms with Crippen LogP contribution < -0.4 is 37.1 Å².